The molecule has 13 heteroatoms. The van der Waals surface area contributed by atoms with Gasteiger partial charge in [-0.25, -0.2) is 27.2 Å². The maximum absolute atomic E-state index is 15.5. The van der Waals surface area contributed by atoms with Crippen LogP contribution in [0.3, 0.4) is 0 Å². The monoisotopic (exact) mass is 510 g/mol. The average Bonchev–Trinajstić information content (AvgIpc) is 3.48. The van der Waals surface area contributed by atoms with Crippen LogP contribution in [0.4, 0.5) is 23.4 Å². The normalized spacial score (nSPS) is 18.6. The zero-order valence-corrected chi connectivity index (χ0v) is 19.3. The summed E-state index contributed by atoms with van der Waals surface area (Å²) >= 11 is 0. The summed E-state index contributed by atoms with van der Waals surface area (Å²) in [6.45, 7) is 5.37. The molecule has 188 valence electrons. The number of alkyl halides is 2. The lowest BCUT2D eigenvalue weighted by atomic mass is 9.97. The van der Waals surface area contributed by atoms with Crippen LogP contribution in [-0.4, -0.2) is 54.4 Å². The summed E-state index contributed by atoms with van der Waals surface area (Å²) in [5.74, 6) is -1.68. The summed E-state index contributed by atoms with van der Waals surface area (Å²) in [6.07, 6.45) is 2.61. The number of aliphatic imine (C=N–C) groups is 1. The van der Waals surface area contributed by atoms with E-state index in [1.165, 1.54) is 24.5 Å². The minimum atomic E-state index is -3.03. The molecule has 4 heterocycles. The molecule has 1 aliphatic heterocycles. The van der Waals surface area contributed by atoms with Gasteiger partial charge in [-0.2, -0.15) is 20.0 Å². The van der Waals surface area contributed by atoms with Gasteiger partial charge in [0.25, 0.3) is 6.43 Å². The first-order valence-corrected chi connectivity index (χ1v) is 11.0. The largest absolute Gasteiger partial charge is 0.389 e. The number of aryl methyl sites for hydroxylation is 1. The molecule has 2 aliphatic rings. The number of aliphatic hydroxyl groups is 1. The molecule has 5 rings (SSSR count). The molecule has 1 saturated heterocycles. The van der Waals surface area contributed by atoms with Crippen molar-refractivity contribution in [1.29, 1.82) is 5.26 Å². The first kappa shape index (κ1) is 24.1. The molecule has 0 amide bonds. The van der Waals surface area contributed by atoms with Gasteiger partial charge < -0.3 is 10.0 Å². The van der Waals surface area contributed by atoms with Crippen molar-refractivity contribution in [3.05, 3.63) is 77.1 Å². The number of hydrogen-bond donors (Lipinski definition) is 1. The predicted octanol–water partition coefficient (Wildman–Crippen LogP) is 3.90. The molecule has 0 spiro atoms. The first-order chi connectivity index (χ1) is 17.7. The molecule has 1 fully saturated rings. The Morgan fingerprint density at radius 1 is 1.32 bits per heavy atom. The molecule has 0 radical (unpaired) electrons. The molecule has 0 aromatic carbocycles. The van der Waals surface area contributed by atoms with Gasteiger partial charge in [0.2, 0.25) is 0 Å². The molecule has 9 nitrogen and oxygen atoms in total. The summed E-state index contributed by atoms with van der Waals surface area (Å²) < 4.78 is 60.1. The van der Waals surface area contributed by atoms with Gasteiger partial charge in [-0.15, -0.1) is 0 Å². The second-order valence-electron chi connectivity index (χ2n) is 8.27. The number of rotatable bonds is 5. The lowest BCUT2D eigenvalue weighted by molar-refractivity contribution is 0.139. The van der Waals surface area contributed by atoms with E-state index in [9.17, 15) is 19.1 Å². The van der Waals surface area contributed by atoms with Crippen LogP contribution in [0.15, 0.2) is 59.5 Å². The number of aromatic nitrogens is 5. The fourth-order valence-corrected chi connectivity index (χ4v) is 4.25. The van der Waals surface area contributed by atoms with E-state index in [-0.39, 0.29) is 47.1 Å². The second kappa shape index (κ2) is 9.14. The van der Waals surface area contributed by atoms with Crippen molar-refractivity contribution < 1.29 is 22.7 Å². The minimum absolute atomic E-state index is 0.0131. The van der Waals surface area contributed by atoms with E-state index < -0.39 is 35.6 Å². The van der Waals surface area contributed by atoms with Gasteiger partial charge >= 0.3 is 0 Å². The van der Waals surface area contributed by atoms with Crippen LogP contribution < -0.4 is 4.90 Å². The molecule has 1 N–H and O–H groups in total. The van der Waals surface area contributed by atoms with Gasteiger partial charge in [0, 0.05) is 42.8 Å². The Morgan fingerprint density at radius 2 is 2.08 bits per heavy atom. The minimum Gasteiger partial charge on any atom is -0.389 e. The molecule has 0 unspecified atom stereocenters. The molecule has 1 aliphatic carbocycles. The van der Waals surface area contributed by atoms with Gasteiger partial charge in [0.15, 0.2) is 17.3 Å². The molecule has 3 aromatic rings. The molecule has 3 aromatic heterocycles. The molecule has 0 bridgehead atoms. The highest BCUT2D eigenvalue weighted by molar-refractivity contribution is 6.21. The topological polar surface area (TPSA) is 108 Å². The highest BCUT2D eigenvalue weighted by atomic mass is 19.3. The van der Waals surface area contributed by atoms with Crippen molar-refractivity contribution in [3.8, 4) is 6.07 Å². The van der Waals surface area contributed by atoms with Crippen LogP contribution >= 0.6 is 0 Å². The van der Waals surface area contributed by atoms with E-state index in [0.29, 0.717) is 5.56 Å². The Bertz CT molecular complexity index is 1580. The predicted molar refractivity (Wildman–Crippen MR) is 127 cm³/mol. The highest BCUT2D eigenvalue weighted by Crippen LogP contribution is 2.37. The van der Waals surface area contributed by atoms with E-state index in [2.05, 4.69) is 26.8 Å². The van der Waals surface area contributed by atoms with Crippen LogP contribution in [0.25, 0.3) is 17.4 Å². The Kier molecular flexibility index (Phi) is 5.96. The SMILES string of the molecule is C=CN=C1C(F)=C(n2cccn2)C(F)=C/C1=C\c1c(C)nc2c(C#N)c(C(F)F)nn2c1N1CC(O)C1. The Labute approximate surface area is 207 Å². The van der Waals surface area contributed by atoms with Crippen LogP contribution in [-0.2, 0) is 0 Å². The maximum atomic E-state index is 15.5. The van der Waals surface area contributed by atoms with E-state index in [0.717, 1.165) is 21.5 Å². The summed E-state index contributed by atoms with van der Waals surface area (Å²) in [7, 11) is 0. The zero-order valence-electron chi connectivity index (χ0n) is 19.3. The van der Waals surface area contributed by atoms with Crippen molar-refractivity contribution in [1.82, 2.24) is 24.4 Å². The number of nitriles is 1. The van der Waals surface area contributed by atoms with Crippen LogP contribution in [0.5, 0.6) is 0 Å². The number of halogens is 4. The Balaban J connectivity index is 1.76. The summed E-state index contributed by atoms with van der Waals surface area (Å²) in [5, 5.41) is 27.2. The van der Waals surface area contributed by atoms with Crippen LogP contribution in [0.1, 0.15) is 28.9 Å². The fourth-order valence-electron chi connectivity index (χ4n) is 4.25. The number of allylic oxidation sites excluding steroid dienone is 5. The highest BCUT2D eigenvalue weighted by Gasteiger charge is 2.33. The van der Waals surface area contributed by atoms with E-state index >= 15 is 8.78 Å². The van der Waals surface area contributed by atoms with Crippen LogP contribution in [0, 0.1) is 18.3 Å². The van der Waals surface area contributed by atoms with Gasteiger partial charge in [0.05, 0.1) is 11.8 Å². The number of anilines is 1. The van der Waals surface area contributed by atoms with Crippen molar-refractivity contribution in [3.63, 3.8) is 0 Å². The third-order valence-corrected chi connectivity index (χ3v) is 5.92. The standard InChI is InChI=1S/C24H18F4N8O/c1-3-30-19-13(8-17(25)21(18(19)26)35-6-4-5-31-35)7-15-12(2)32-23-16(9-29)20(22(27)28)33-36(23)24(15)34-10-14(37)11-34/h3-8,14,22,37H,1,10-11H2,2H3/b13-7+,30-19?. The van der Waals surface area contributed by atoms with Gasteiger partial charge in [0.1, 0.15) is 34.6 Å². The smallest absolute Gasteiger partial charge is 0.283 e. The third kappa shape index (κ3) is 3.91. The molecule has 0 atom stereocenters. The lowest BCUT2D eigenvalue weighted by Crippen LogP contribution is -2.52. The summed E-state index contributed by atoms with van der Waals surface area (Å²) in [4.78, 5) is 9.96. The van der Waals surface area contributed by atoms with Gasteiger partial charge in [-0.05, 0) is 25.1 Å². The molecule has 37 heavy (non-hydrogen) atoms. The summed E-state index contributed by atoms with van der Waals surface area (Å²) in [6, 6.07) is 3.24. The third-order valence-electron chi connectivity index (χ3n) is 5.92. The first-order valence-electron chi connectivity index (χ1n) is 11.0. The van der Waals surface area contributed by atoms with E-state index in [1.54, 1.807) is 17.9 Å². The van der Waals surface area contributed by atoms with Crippen molar-refractivity contribution >= 4 is 28.9 Å². The molecule has 0 saturated carbocycles. The number of fused-ring (bicyclic) bond motifs is 1. The second-order valence-corrected chi connectivity index (χ2v) is 8.27. The van der Waals surface area contributed by atoms with Crippen LogP contribution in [0.2, 0.25) is 0 Å². The average molecular weight is 510 g/mol. The Morgan fingerprint density at radius 3 is 2.68 bits per heavy atom. The number of nitrogens with zero attached hydrogens (tertiary/aromatic N) is 8. The summed E-state index contributed by atoms with van der Waals surface area (Å²) in [5.41, 5.74) is -1.30. The van der Waals surface area contributed by atoms with E-state index in [4.69, 9.17) is 0 Å². The Hall–Kier alpha value is -4.57. The van der Waals surface area contributed by atoms with Gasteiger partial charge in [-0.3, -0.25) is 4.99 Å². The van der Waals surface area contributed by atoms with Gasteiger partial charge in [-0.1, -0.05) is 6.58 Å². The van der Waals surface area contributed by atoms with Crippen molar-refractivity contribution in [2.45, 2.75) is 19.5 Å². The zero-order chi connectivity index (χ0) is 26.4. The van der Waals surface area contributed by atoms with E-state index in [1.807, 2.05) is 0 Å². The fraction of sp³-hybridized carbons (Fsp3) is 0.208. The number of β-amino-alcohol motifs (C(OH)–C–C–N with tert-alkyl or cyclic N) is 1. The maximum Gasteiger partial charge on any atom is 0.283 e. The van der Waals surface area contributed by atoms with Crippen molar-refractivity contribution in [2.75, 3.05) is 18.0 Å². The quantitative estimate of drug-likeness (QED) is 0.522. The lowest BCUT2D eigenvalue weighted by Gasteiger charge is -2.38. The molecular weight excluding hydrogens is 492 g/mol. The number of aliphatic hydroxyl groups excluding tert-OH is 1. The number of hydrogen-bond acceptors (Lipinski definition) is 7. The molecular formula is C24H18F4N8O. The van der Waals surface area contributed by atoms with Crippen molar-refractivity contribution in [2.24, 2.45) is 4.99 Å².